The van der Waals surface area contributed by atoms with Crippen LogP contribution in [-0.4, -0.2) is 21.6 Å². The first-order chi connectivity index (χ1) is 9.58. The van der Waals surface area contributed by atoms with Crippen molar-refractivity contribution >= 4 is 33.5 Å². The van der Waals surface area contributed by atoms with E-state index in [0.717, 1.165) is 10.9 Å². The van der Waals surface area contributed by atoms with Gasteiger partial charge in [0, 0.05) is 4.47 Å². The van der Waals surface area contributed by atoms with Crippen molar-refractivity contribution in [2.45, 2.75) is 13.3 Å². The monoisotopic (exact) mass is 358 g/mol. The smallest absolute Gasteiger partial charge is 0.330 e. The number of nitrogens with zero attached hydrogens (tertiary/aromatic N) is 3. The van der Waals surface area contributed by atoms with Gasteiger partial charge in [-0.2, -0.15) is 9.97 Å². The van der Waals surface area contributed by atoms with Gasteiger partial charge in [-0.1, -0.05) is 34.5 Å². The molecular weight excluding hydrogens is 348 g/mol. The number of aromatic nitrogens is 3. The number of hydrogen-bond donors (Lipinski definition) is 1. The molecule has 0 fully saturated rings. The van der Waals surface area contributed by atoms with Crippen LogP contribution in [0.2, 0.25) is 5.02 Å². The molecular formula is C12H12BrClN4O2. The molecule has 20 heavy (non-hydrogen) atoms. The van der Waals surface area contributed by atoms with E-state index in [1.807, 2.05) is 6.92 Å². The fourth-order valence-electron chi connectivity index (χ4n) is 1.31. The average molecular weight is 360 g/mol. The zero-order valence-corrected chi connectivity index (χ0v) is 13.0. The van der Waals surface area contributed by atoms with Crippen LogP contribution in [-0.2, 0) is 0 Å². The summed E-state index contributed by atoms with van der Waals surface area (Å²) in [6.45, 7) is 2.46. The van der Waals surface area contributed by atoms with Crippen LogP contribution in [0.4, 0.5) is 5.95 Å². The molecule has 0 radical (unpaired) electrons. The number of ether oxygens (including phenoxy) is 2. The molecule has 0 unspecified atom stereocenters. The highest BCUT2D eigenvalue weighted by Crippen LogP contribution is 2.30. The third-order valence-corrected chi connectivity index (χ3v) is 2.93. The number of halogens is 2. The largest absolute Gasteiger partial charge is 0.463 e. The van der Waals surface area contributed by atoms with Gasteiger partial charge in [-0.25, -0.2) is 0 Å². The summed E-state index contributed by atoms with van der Waals surface area (Å²) >= 11 is 9.37. The van der Waals surface area contributed by atoms with E-state index in [2.05, 4.69) is 30.9 Å². The lowest BCUT2D eigenvalue weighted by Gasteiger charge is -2.08. The number of hydrogen-bond acceptors (Lipinski definition) is 6. The van der Waals surface area contributed by atoms with Crippen LogP contribution < -0.4 is 15.2 Å². The topological polar surface area (TPSA) is 83.2 Å². The fourth-order valence-corrected chi connectivity index (χ4v) is 2.02. The van der Waals surface area contributed by atoms with Crippen molar-refractivity contribution in [1.82, 2.24) is 15.0 Å². The van der Waals surface area contributed by atoms with Gasteiger partial charge in [-0.15, -0.1) is 4.98 Å². The van der Waals surface area contributed by atoms with E-state index in [9.17, 15) is 0 Å². The standard InChI is InChI=1S/C12H12BrClN4O2/c1-2-5-19-11-16-10(15)17-12(18-11)20-9-4-3-7(13)6-8(9)14/h3-4,6H,2,5H2,1H3,(H2,15,16,17,18). The van der Waals surface area contributed by atoms with Gasteiger partial charge in [0.05, 0.1) is 11.6 Å². The highest BCUT2D eigenvalue weighted by atomic mass is 79.9. The second kappa shape index (κ2) is 6.71. The molecule has 0 aliphatic carbocycles. The normalized spacial score (nSPS) is 10.3. The SMILES string of the molecule is CCCOc1nc(N)nc(Oc2ccc(Br)cc2Cl)n1. The minimum atomic E-state index is 0.0225. The Morgan fingerprint density at radius 2 is 2.00 bits per heavy atom. The Bertz CT molecular complexity index is 612. The third kappa shape index (κ3) is 3.94. The van der Waals surface area contributed by atoms with Crippen LogP contribution >= 0.6 is 27.5 Å². The van der Waals surface area contributed by atoms with Crippen LogP contribution in [0.15, 0.2) is 22.7 Å². The average Bonchev–Trinajstić information content (AvgIpc) is 2.39. The molecule has 2 aromatic rings. The first-order valence-corrected chi connectivity index (χ1v) is 7.03. The van der Waals surface area contributed by atoms with Crippen LogP contribution in [0.1, 0.15) is 13.3 Å². The second-order valence-corrected chi connectivity index (χ2v) is 5.11. The predicted molar refractivity (Wildman–Crippen MR) is 79.3 cm³/mol. The van der Waals surface area contributed by atoms with Crippen molar-refractivity contribution in [2.24, 2.45) is 0 Å². The van der Waals surface area contributed by atoms with E-state index in [1.54, 1.807) is 18.2 Å². The molecule has 6 nitrogen and oxygen atoms in total. The Labute approximate surface area is 129 Å². The first-order valence-electron chi connectivity index (χ1n) is 5.85. The van der Waals surface area contributed by atoms with E-state index in [1.165, 1.54) is 0 Å². The summed E-state index contributed by atoms with van der Waals surface area (Å²) in [6, 6.07) is 5.35. The van der Waals surface area contributed by atoms with E-state index in [-0.39, 0.29) is 18.0 Å². The first kappa shape index (κ1) is 14.8. The van der Waals surface area contributed by atoms with Crippen LogP contribution in [0, 0.1) is 0 Å². The summed E-state index contributed by atoms with van der Waals surface area (Å²) in [6.07, 6.45) is 0.834. The van der Waals surface area contributed by atoms with Gasteiger partial charge in [0.25, 0.3) is 0 Å². The van der Waals surface area contributed by atoms with E-state index in [4.69, 9.17) is 26.8 Å². The number of nitrogen functional groups attached to an aromatic ring is 1. The van der Waals surface area contributed by atoms with Crippen molar-refractivity contribution < 1.29 is 9.47 Å². The summed E-state index contributed by atoms with van der Waals surface area (Å²) in [5.41, 5.74) is 5.58. The lowest BCUT2D eigenvalue weighted by atomic mass is 10.3. The van der Waals surface area contributed by atoms with Crippen molar-refractivity contribution in [2.75, 3.05) is 12.3 Å². The molecule has 106 valence electrons. The van der Waals surface area contributed by atoms with E-state index < -0.39 is 0 Å². The highest BCUT2D eigenvalue weighted by Gasteiger charge is 2.10. The Balaban J connectivity index is 2.21. The molecule has 0 bridgehead atoms. The highest BCUT2D eigenvalue weighted by molar-refractivity contribution is 9.10. The fraction of sp³-hybridized carbons (Fsp3) is 0.250. The molecule has 1 heterocycles. The van der Waals surface area contributed by atoms with Gasteiger partial charge in [-0.05, 0) is 24.6 Å². The minimum absolute atomic E-state index is 0.0225. The molecule has 2 rings (SSSR count). The van der Waals surface area contributed by atoms with Crippen LogP contribution in [0.5, 0.6) is 17.8 Å². The van der Waals surface area contributed by atoms with E-state index in [0.29, 0.717) is 17.4 Å². The zero-order chi connectivity index (χ0) is 14.5. The van der Waals surface area contributed by atoms with Gasteiger partial charge in [0.2, 0.25) is 5.95 Å². The predicted octanol–water partition coefficient (Wildman–Crippen LogP) is 3.45. The molecule has 8 heteroatoms. The Hall–Kier alpha value is -1.60. The maximum atomic E-state index is 6.05. The number of benzene rings is 1. The lowest BCUT2D eigenvalue weighted by molar-refractivity contribution is 0.285. The molecule has 1 aromatic heterocycles. The maximum absolute atomic E-state index is 6.05. The summed E-state index contributed by atoms with van der Waals surface area (Å²) in [5.74, 6) is 0.441. The van der Waals surface area contributed by atoms with Gasteiger partial charge < -0.3 is 15.2 Å². The molecule has 0 spiro atoms. The van der Waals surface area contributed by atoms with Crippen LogP contribution in [0.25, 0.3) is 0 Å². The number of nitrogens with two attached hydrogens (primary N) is 1. The number of rotatable bonds is 5. The zero-order valence-electron chi connectivity index (χ0n) is 10.6. The molecule has 0 saturated carbocycles. The summed E-state index contributed by atoms with van der Waals surface area (Å²) in [7, 11) is 0. The molecule has 2 N–H and O–H groups in total. The second-order valence-electron chi connectivity index (χ2n) is 3.78. The lowest BCUT2D eigenvalue weighted by Crippen LogP contribution is -2.05. The van der Waals surface area contributed by atoms with Crippen molar-refractivity contribution in [3.8, 4) is 17.8 Å². The van der Waals surface area contributed by atoms with Gasteiger partial charge in [0.15, 0.2) is 0 Å². The molecule has 0 aliphatic heterocycles. The van der Waals surface area contributed by atoms with E-state index >= 15 is 0 Å². The molecule has 0 amide bonds. The molecule has 1 aromatic carbocycles. The Morgan fingerprint density at radius 1 is 1.25 bits per heavy atom. The third-order valence-electron chi connectivity index (χ3n) is 2.14. The number of anilines is 1. The summed E-state index contributed by atoms with van der Waals surface area (Å²) in [4.78, 5) is 11.8. The van der Waals surface area contributed by atoms with Crippen LogP contribution in [0.3, 0.4) is 0 Å². The molecule has 0 atom stereocenters. The van der Waals surface area contributed by atoms with Crippen molar-refractivity contribution in [3.05, 3.63) is 27.7 Å². The van der Waals surface area contributed by atoms with Gasteiger partial charge >= 0.3 is 12.0 Å². The minimum Gasteiger partial charge on any atom is -0.463 e. The maximum Gasteiger partial charge on any atom is 0.330 e. The summed E-state index contributed by atoms with van der Waals surface area (Å²) in [5, 5.41) is 0.425. The van der Waals surface area contributed by atoms with Gasteiger partial charge in [0.1, 0.15) is 5.75 Å². The van der Waals surface area contributed by atoms with Crippen molar-refractivity contribution in [1.29, 1.82) is 0 Å². The quantitative estimate of drug-likeness (QED) is 0.880. The Morgan fingerprint density at radius 3 is 2.70 bits per heavy atom. The molecule has 0 saturated heterocycles. The van der Waals surface area contributed by atoms with Crippen molar-refractivity contribution in [3.63, 3.8) is 0 Å². The van der Waals surface area contributed by atoms with Gasteiger partial charge in [-0.3, -0.25) is 0 Å². The Kier molecular flexibility index (Phi) is 4.97. The summed E-state index contributed by atoms with van der Waals surface area (Å²) < 4.78 is 11.6. The molecule has 0 aliphatic rings.